The average molecular weight is 316 g/mol. The quantitative estimate of drug-likeness (QED) is 0.887. The summed E-state index contributed by atoms with van der Waals surface area (Å²) in [7, 11) is 0. The predicted octanol–water partition coefficient (Wildman–Crippen LogP) is 0.858. The summed E-state index contributed by atoms with van der Waals surface area (Å²) in [5.74, 6) is -0.0239. The van der Waals surface area contributed by atoms with Crippen LogP contribution in [0.25, 0.3) is 0 Å². The molecule has 2 aromatic heterocycles. The number of aryl methyl sites for hydroxylation is 1. The van der Waals surface area contributed by atoms with Gasteiger partial charge < -0.3 is 9.64 Å². The van der Waals surface area contributed by atoms with E-state index in [9.17, 15) is 4.79 Å². The van der Waals surface area contributed by atoms with Crippen LogP contribution < -0.4 is 0 Å². The number of amides is 1. The Morgan fingerprint density at radius 1 is 1.52 bits per heavy atom. The summed E-state index contributed by atoms with van der Waals surface area (Å²) in [5.41, 5.74) is 3.45. The van der Waals surface area contributed by atoms with Gasteiger partial charge in [-0.2, -0.15) is 5.10 Å². The molecule has 0 radical (unpaired) electrons. The fourth-order valence-electron chi connectivity index (χ4n) is 3.50. The number of likely N-dealkylation sites (tertiary alicyclic amines) is 1. The van der Waals surface area contributed by atoms with Gasteiger partial charge in [0.1, 0.15) is 0 Å². The van der Waals surface area contributed by atoms with Crippen LogP contribution >= 0.6 is 0 Å². The first-order valence-corrected chi connectivity index (χ1v) is 8.02. The van der Waals surface area contributed by atoms with Gasteiger partial charge in [0.05, 0.1) is 30.6 Å². The van der Waals surface area contributed by atoms with Crippen molar-refractivity contribution in [3.05, 3.63) is 28.8 Å². The van der Waals surface area contributed by atoms with Gasteiger partial charge in [0.25, 0.3) is 5.91 Å². The minimum absolute atomic E-state index is 0.0239. The number of nitrogens with zero attached hydrogens (tertiary/aromatic N) is 5. The first-order valence-electron chi connectivity index (χ1n) is 8.02. The molecule has 8 nitrogen and oxygen atoms in total. The molecule has 2 atom stereocenters. The Hall–Kier alpha value is -2.22. The zero-order valence-electron chi connectivity index (χ0n) is 13.3. The highest BCUT2D eigenvalue weighted by molar-refractivity contribution is 5.94. The third kappa shape index (κ3) is 2.24. The fraction of sp³-hybridized carbons (Fsp3) is 0.600. The van der Waals surface area contributed by atoms with E-state index in [4.69, 9.17) is 4.74 Å². The Kier molecular flexibility index (Phi) is 3.41. The molecule has 2 aliphatic heterocycles. The number of ether oxygens (including phenoxy) is 1. The highest BCUT2D eigenvalue weighted by Crippen LogP contribution is 2.30. The summed E-state index contributed by atoms with van der Waals surface area (Å²) in [6.45, 7) is 5.79. The van der Waals surface area contributed by atoms with Crippen molar-refractivity contribution in [2.24, 2.45) is 0 Å². The molecule has 2 aromatic rings. The van der Waals surface area contributed by atoms with E-state index >= 15 is 0 Å². The van der Waals surface area contributed by atoms with Gasteiger partial charge in [-0.25, -0.2) is 4.68 Å². The summed E-state index contributed by atoms with van der Waals surface area (Å²) in [4.78, 5) is 14.7. The van der Waals surface area contributed by atoms with Crippen molar-refractivity contribution >= 4 is 5.91 Å². The molecule has 0 aromatic carbocycles. The number of carbonyl (C=O) groups is 1. The highest BCUT2D eigenvalue weighted by atomic mass is 16.5. The number of nitrogens with one attached hydrogen (secondary N) is 1. The molecule has 0 saturated carbocycles. The summed E-state index contributed by atoms with van der Waals surface area (Å²) in [5, 5.41) is 15.3. The van der Waals surface area contributed by atoms with E-state index < -0.39 is 0 Å². The molecule has 1 N–H and O–H groups in total. The summed E-state index contributed by atoms with van der Waals surface area (Å²) in [6.07, 6.45) is 3.47. The Labute approximate surface area is 133 Å². The van der Waals surface area contributed by atoms with Gasteiger partial charge in [-0.3, -0.25) is 9.89 Å². The molecular formula is C15H20N6O2. The predicted molar refractivity (Wildman–Crippen MR) is 80.9 cm³/mol. The number of hydrogen-bond donors (Lipinski definition) is 1. The lowest BCUT2D eigenvalue weighted by atomic mass is 9.99. The molecule has 4 rings (SSSR count). The number of aromatic nitrogens is 5. The second kappa shape index (κ2) is 5.45. The average Bonchev–Trinajstić information content (AvgIpc) is 3.20. The van der Waals surface area contributed by atoms with Crippen LogP contribution in [0.4, 0.5) is 0 Å². The fourth-order valence-corrected chi connectivity index (χ4v) is 3.50. The highest BCUT2D eigenvalue weighted by Gasteiger charge is 2.38. The molecule has 0 spiro atoms. The van der Waals surface area contributed by atoms with E-state index in [1.807, 2.05) is 23.4 Å². The van der Waals surface area contributed by atoms with Crippen LogP contribution in [0.3, 0.4) is 0 Å². The Morgan fingerprint density at radius 2 is 2.39 bits per heavy atom. The van der Waals surface area contributed by atoms with E-state index in [1.54, 1.807) is 6.20 Å². The maximum Gasteiger partial charge on any atom is 0.274 e. The van der Waals surface area contributed by atoms with E-state index in [1.165, 1.54) is 0 Å². The molecule has 0 aliphatic carbocycles. The molecule has 0 unspecified atom stereocenters. The van der Waals surface area contributed by atoms with Crippen molar-refractivity contribution in [3.63, 3.8) is 0 Å². The van der Waals surface area contributed by atoms with Gasteiger partial charge in [0.15, 0.2) is 5.69 Å². The monoisotopic (exact) mass is 316 g/mol. The second-order valence-electron chi connectivity index (χ2n) is 6.16. The third-order valence-corrected chi connectivity index (χ3v) is 4.88. The molecule has 1 fully saturated rings. The van der Waals surface area contributed by atoms with Gasteiger partial charge >= 0.3 is 0 Å². The van der Waals surface area contributed by atoms with Crippen molar-refractivity contribution < 1.29 is 9.53 Å². The van der Waals surface area contributed by atoms with Gasteiger partial charge in [-0.05, 0) is 19.8 Å². The van der Waals surface area contributed by atoms with Crippen molar-refractivity contribution in [1.29, 1.82) is 0 Å². The molecule has 122 valence electrons. The van der Waals surface area contributed by atoms with E-state index in [0.717, 1.165) is 29.8 Å². The molecule has 1 amide bonds. The number of carbonyl (C=O) groups excluding carboxylic acids is 1. The van der Waals surface area contributed by atoms with Crippen molar-refractivity contribution in [3.8, 4) is 0 Å². The third-order valence-electron chi connectivity index (χ3n) is 4.88. The first kappa shape index (κ1) is 14.4. The molecule has 0 bridgehead atoms. The van der Waals surface area contributed by atoms with Gasteiger partial charge in [0, 0.05) is 24.3 Å². The zero-order chi connectivity index (χ0) is 16.0. The lowest BCUT2D eigenvalue weighted by Gasteiger charge is -2.40. The molecule has 4 heterocycles. The lowest BCUT2D eigenvalue weighted by Crippen LogP contribution is -2.50. The molecular weight excluding hydrogens is 296 g/mol. The van der Waals surface area contributed by atoms with Crippen LogP contribution in [0.2, 0.25) is 0 Å². The van der Waals surface area contributed by atoms with E-state index in [2.05, 4.69) is 20.5 Å². The topological polar surface area (TPSA) is 88.9 Å². The number of hydrogen-bond acceptors (Lipinski definition) is 5. The van der Waals surface area contributed by atoms with Gasteiger partial charge in [-0.1, -0.05) is 12.1 Å². The Bertz CT molecular complexity index is 736. The van der Waals surface area contributed by atoms with Crippen molar-refractivity contribution in [1.82, 2.24) is 30.1 Å². The van der Waals surface area contributed by atoms with E-state index in [-0.39, 0.29) is 18.1 Å². The Morgan fingerprint density at radius 3 is 3.17 bits per heavy atom. The minimum Gasteiger partial charge on any atom is -0.370 e. The number of fused-ring (bicyclic) bond motifs is 3. The lowest BCUT2D eigenvalue weighted by molar-refractivity contribution is -0.0605. The second-order valence-corrected chi connectivity index (χ2v) is 6.16. The molecule has 1 saturated heterocycles. The number of piperidine rings is 1. The largest absolute Gasteiger partial charge is 0.370 e. The Balaban J connectivity index is 1.57. The van der Waals surface area contributed by atoms with Crippen LogP contribution in [0, 0.1) is 6.92 Å². The summed E-state index contributed by atoms with van der Waals surface area (Å²) < 4.78 is 7.79. The van der Waals surface area contributed by atoms with Gasteiger partial charge in [-0.15, -0.1) is 5.10 Å². The maximum atomic E-state index is 12.8. The van der Waals surface area contributed by atoms with Crippen molar-refractivity contribution in [2.75, 3.05) is 13.1 Å². The van der Waals surface area contributed by atoms with Crippen LogP contribution in [0.5, 0.6) is 0 Å². The minimum atomic E-state index is -0.0239. The van der Waals surface area contributed by atoms with Crippen LogP contribution in [0.1, 0.15) is 46.8 Å². The molecule has 23 heavy (non-hydrogen) atoms. The van der Waals surface area contributed by atoms with Crippen molar-refractivity contribution in [2.45, 2.75) is 45.4 Å². The van der Waals surface area contributed by atoms with Crippen LogP contribution in [-0.2, 0) is 17.8 Å². The first-order chi connectivity index (χ1) is 11.2. The molecule has 2 aliphatic rings. The number of H-pyrrole nitrogens is 1. The molecule has 8 heteroatoms. The maximum absolute atomic E-state index is 12.8. The summed E-state index contributed by atoms with van der Waals surface area (Å²) >= 11 is 0. The summed E-state index contributed by atoms with van der Waals surface area (Å²) in [6, 6.07) is 0.0313. The smallest absolute Gasteiger partial charge is 0.274 e. The zero-order valence-corrected chi connectivity index (χ0v) is 13.3. The SMILES string of the molecule is CCc1[nH]nc(C(=O)N2CC[C@H]3OCc4cnnn4[C@H]3C2)c1C. The van der Waals surface area contributed by atoms with Crippen LogP contribution in [-0.4, -0.2) is 55.2 Å². The van der Waals surface area contributed by atoms with Gasteiger partial charge in [0.2, 0.25) is 0 Å². The number of rotatable bonds is 2. The standard InChI is InChI=1S/C15H20N6O2/c1-3-11-9(2)14(18-17-11)15(22)20-5-4-13-12(7-20)21-10(8-23-13)6-16-19-21/h6,12-13H,3-5,7-8H2,1-2H3,(H,17,18)/t12-,13+/m0/s1. The van der Waals surface area contributed by atoms with Crippen LogP contribution in [0.15, 0.2) is 6.20 Å². The normalized spacial score (nSPS) is 23.5. The number of aromatic amines is 1. The van der Waals surface area contributed by atoms with E-state index in [0.29, 0.717) is 25.4 Å².